The van der Waals surface area contributed by atoms with Crippen molar-refractivity contribution in [3.63, 3.8) is 0 Å². The topological polar surface area (TPSA) is 87.4 Å². The van der Waals surface area contributed by atoms with E-state index in [1.807, 2.05) is 6.92 Å². The Bertz CT molecular complexity index is 666. The van der Waals surface area contributed by atoms with Gasteiger partial charge in [0.25, 0.3) is 0 Å². The Labute approximate surface area is 140 Å². The smallest absolute Gasteiger partial charge is 0.242 e. The molecule has 0 spiro atoms. The number of amides is 1. The van der Waals surface area contributed by atoms with Gasteiger partial charge in [0, 0.05) is 44.6 Å². The van der Waals surface area contributed by atoms with Gasteiger partial charge >= 0.3 is 0 Å². The fourth-order valence-corrected chi connectivity index (χ4v) is 2.96. The highest BCUT2D eigenvalue weighted by Gasteiger charge is 2.28. The second-order valence-electron chi connectivity index (χ2n) is 5.82. The first-order valence-corrected chi connectivity index (χ1v) is 8.16. The zero-order valence-electron chi connectivity index (χ0n) is 14.0. The third-order valence-corrected chi connectivity index (χ3v) is 4.20. The number of hydrogen-bond donors (Lipinski definition) is 1. The van der Waals surface area contributed by atoms with Crippen molar-refractivity contribution in [2.45, 2.75) is 26.3 Å². The van der Waals surface area contributed by atoms with Crippen LogP contribution in [0.2, 0.25) is 0 Å². The van der Waals surface area contributed by atoms with E-state index in [2.05, 4.69) is 30.2 Å². The number of rotatable bonds is 5. The summed E-state index contributed by atoms with van der Waals surface area (Å²) in [5.41, 5.74) is 0. The van der Waals surface area contributed by atoms with Gasteiger partial charge in [-0.25, -0.2) is 4.98 Å². The van der Waals surface area contributed by atoms with Gasteiger partial charge in [0.1, 0.15) is 11.6 Å². The van der Waals surface area contributed by atoms with Crippen molar-refractivity contribution in [2.24, 2.45) is 0 Å². The minimum Gasteiger partial charge on any atom is -0.360 e. The molecule has 0 aromatic carbocycles. The lowest BCUT2D eigenvalue weighted by molar-refractivity contribution is -0.121. The second kappa shape index (κ2) is 7.39. The first-order valence-electron chi connectivity index (χ1n) is 8.16. The first kappa shape index (κ1) is 16.4. The zero-order valence-corrected chi connectivity index (χ0v) is 14.0. The van der Waals surface area contributed by atoms with Crippen LogP contribution >= 0.6 is 0 Å². The quantitative estimate of drug-likeness (QED) is 0.884. The van der Waals surface area contributed by atoms with E-state index < -0.39 is 0 Å². The molecule has 1 fully saturated rings. The summed E-state index contributed by atoms with van der Waals surface area (Å²) < 4.78 is 4.99. The molecule has 0 aliphatic carbocycles. The third kappa shape index (κ3) is 3.70. The van der Waals surface area contributed by atoms with Gasteiger partial charge in [-0.3, -0.25) is 14.7 Å². The molecule has 1 N–H and O–H groups in total. The molecule has 0 radical (unpaired) electrons. The molecule has 2 aromatic heterocycles. The maximum atomic E-state index is 12.5. The molecule has 128 valence electrons. The Morgan fingerprint density at radius 3 is 2.71 bits per heavy atom. The molecule has 0 bridgehead atoms. The summed E-state index contributed by atoms with van der Waals surface area (Å²) >= 11 is 0. The summed E-state index contributed by atoms with van der Waals surface area (Å²) in [4.78, 5) is 25.4. The van der Waals surface area contributed by atoms with Crippen molar-refractivity contribution in [3.05, 3.63) is 30.4 Å². The summed E-state index contributed by atoms with van der Waals surface area (Å²) in [6.07, 6.45) is 5.88. The molecule has 24 heavy (non-hydrogen) atoms. The van der Waals surface area contributed by atoms with Crippen LogP contribution in [0, 0.1) is 6.92 Å². The Morgan fingerprint density at radius 1 is 1.33 bits per heavy atom. The molecular formula is C16H22N6O2. The van der Waals surface area contributed by atoms with Gasteiger partial charge in [-0.2, -0.15) is 0 Å². The number of aromatic nitrogens is 3. The highest BCUT2D eigenvalue weighted by Crippen LogP contribution is 2.16. The average Bonchev–Trinajstić information content (AvgIpc) is 3.02. The molecular weight excluding hydrogens is 308 g/mol. The van der Waals surface area contributed by atoms with E-state index in [0.717, 1.165) is 38.4 Å². The van der Waals surface area contributed by atoms with Gasteiger partial charge < -0.3 is 14.7 Å². The van der Waals surface area contributed by atoms with Crippen LogP contribution in [0.25, 0.3) is 0 Å². The van der Waals surface area contributed by atoms with E-state index in [1.165, 1.54) is 0 Å². The van der Waals surface area contributed by atoms with Crippen LogP contribution in [0.3, 0.4) is 0 Å². The second-order valence-corrected chi connectivity index (χ2v) is 5.82. The van der Waals surface area contributed by atoms with E-state index in [0.29, 0.717) is 11.6 Å². The molecule has 1 saturated heterocycles. The number of carbonyl (C=O) groups is 1. The lowest BCUT2D eigenvalue weighted by Crippen LogP contribution is -2.53. The van der Waals surface area contributed by atoms with Crippen LogP contribution in [0.5, 0.6) is 0 Å². The number of hydrogen-bond acceptors (Lipinski definition) is 7. The molecule has 2 aromatic rings. The average molecular weight is 330 g/mol. The van der Waals surface area contributed by atoms with Crippen LogP contribution in [0.15, 0.2) is 29.2 Å². The molecule has 0 saturated carbocycles. The van der Waals surface area contributed by atoms with Crippen molar-refractivity contribution < 1.29 is 9.32 Å². The lowest BCUT2D eigenvalue weighted by atomic mass is 10.1. The van der Waals surface area contributed by atoms with Gasteiger partial charge in [0.05, 0.1) is 12.2 Å². The predicted molar refractivity (Wildman–Crippen MR) is 89.8 cm³/mol. The monoisotopic (exact) mass is 330 g/mol. The molecule has 8 heteroatoms. The van der Waals surface area contributed by atoms with Crippen molar-refractivity contribution in [1.82, 2.24) is 20.0 Å². The van der Waals surface area contributed by atoms with E-state index >= 15 is 0 Å². The normalized spacial score (nSPS) is 16.8. The standard InChI is InChI=1S/C16H22N6O2/c1-3-13(16(23)19-14-10-12(2)24-20-14)21-6-8-22(9-7-21)15-11-17-4-5-18-15/h4-5,10-11,13H,3,6-9H2,1-2H3,(H,19,20,23)/t13-/m1/s1. The van der Waals surface area contributed by atoms with E-state index in [4.69, 9.17) is 4.52 Å². The first-order chi connectivity index (χ1) is 11.7. The van der Waals surface area contributed by atoms with E-state index in [1.54, 1.807) is 31.6 Å². The number of carbonyl (C=O) groups excluding carboxylic acids is 1. The Kier molecular flexibility index (Phi) is 5.05. The van der Waals surface area contributed by atoms with Crippen molar-refractivity contribution in [2.75, 3.05) is 36.4 Å². The molecule has 8 nitrogen and oxygen atoms in total. The van der Waals surface area contributed by atoms with Crippen molar-refractivity contribution >= 4 is 17.5 Å². The molecule has 1 aliphatic heterocycles. The zero-order chi connectivity index (χ0) is 16.9. The minimum atomic E-state index is -0.175. The Morgan fingerprint density at radius 2 is 2.12 bits per heavy atom. The van der Waals surface area contributed by atoms with Crippen molar-refractivity contribution in [1.29, 1.82) is 0 Å². The highest BCUT2D eigenvalue weighted by molar-refractivity contribution is 5.94. The maximum absolute atomic E-state index is 12.5. The minimum absolute atomic E-state index is 0.0428. The molecule has 1 amide bonds. The van der Waals surface area contributed by atoms with Gasteiger partial charge in [0.15, 0.2) is 5.82 Å². The molecule has 1 aliphatic rings. The largest absolute Gasteiger partial charge is 0.360 e. The summed E-state index contributed by atoms with van der Waals surface area (Å²) in [5, 5.41) is 6.65. The maximum Gasteiger partial charge on any atom is 0.242 e. The fraction of sp³-hybridized carbons (Fsp3) is 0.500. The van der Waals surface area contributed by atoms with Gasteiger partial charge in [-0.15, -0.1) is 0 Å². The number of piperazine rings is 1. The predicted octanol–water partition coefficient (Wildman–Crippen LogP) is 1.31. The number of anilines is 2. The van der Waals surface area contributed by atoms with Crippen LogP contribution in [-0.4, -0.2) is 58.2 Å². The van der Waals surface area contributed by atoms with Gasteiger partial charge in [0.2, 0.25) is 5.91 Å². The Balaban J connectivity index is 1.58. The molecule has 3 rings (SSSR count). The van der Waals surface area contributed by atoms with Crippen molar-refractivity contribution in [3.8, 4) is 0 Å². The Hall–Kier alpha value is -2.48. The lowest BCUT2D eigenvalue weighted by Gasteiger charge is -2.38. The van der Waals surface area contributed by atoms with E-state index in [9.17, 15) is 4.79 Å². The summed E-state index contributed by atoms with van der Waals surface area (Å²) in [5.74, 6) is 1.98. The van der Waals surface area contributed by atoms with Crippen LogP contribution in [-0.2, 0) is 4.79 Å². The number of nitrogens with one attached hydrogen (secondary N) is 1. The molecule has 1 atom stereocenters. The number of nitrogens with zero attached hydrogens (tertiary/aromatic N) is 5. The summed E-state index contributed by atoms with van der Waals surface area (Å²) in [7, 11) is 0. The van der Waals surface area contributed by atoms with Gasteiger partial charge in [-0.1, -0.05) is 12.1 Å². The highest BCUT2D eigenvalue weighted by atomic mass is 16.5. The summed E-state index contributed by atoms with van der Waals surface area (Å²) in [6.45, 7) is 7.08. The SMILES string of the molecule is CC[C@H](C(=O)Nc1cc(C)on1)N1CCN(c2cnccn2)CC1. The van der Waals surface area contributed by atoms with Gasteiger partial charge in [-0.05, 0) is 13.3 Å². The fourth-order valence-electron chi connectivity index (χ4n) is 2.96. The van der Waals surface area contributed by atoms with Crippen LogP contribution in [0.1, 0.15) is 19.1 Å². The molecule has 0 unspecified atom stereocenters. The summed E-state index contributed by atoms with van der Waals surface area (Å²) in [6, 6.07) is 1.54. The van der Waals surface area contributed by atoms with Crippen LogP contribution in [0.4, 0.5) is 11.6 Å². The van der Waals surface area contributed by atoms with Crippen LogP contribution < -0.4 is 10.2 Å². The number of aryl methyl sites for hydroxylation is 1. The molecule has 3 heterocycles. The third-order valence-electron chi connectivity index (χ3n) is 4.20. The van der Waals surface area contributed by atoms with E-state index in [-0.39, 0.29) is 11.9 Å².